The summed E-state index contributed by atoms with van der Waals surface area (Å²) in [6.45, 7) is 4.71. The van der Waals surface area contributed by atoms with Crippen molar-refractivity contribution in [1.29, 1.82) is 0 Å². The van der Waals surface area contributed by atoms with Crippen molar-refractivity contribution >= 4 is 5.91 Å². The third-order valence-corrected chi connectivity index (χ3v) is 4.16. The predicted molar refractivity (Wildman–Crippen MR) is 90.7 cm³/mol. The van der Waals surface area contributed by atoms with Crippen LogP contribution >= 0.6 is 0 Å². The first-order valence-electron chi connectivity index (χ1n) is 7.90. The van der Waals surface area contributed by atoms with Crippen LogP contribution in [0.2, 0.25) is 0 Å². The monoisotopic (exact) mass is 315 g/mol. The van der Waals surface area contributed by atoms with Gasteiger partial charge in [0.1, 0.15) is 5.75 Å². The van der Waals surface area contributed by atoms with Crippen LogP contribution in [0.25, 0.3) is 0 Å². The highest BCUT2D eigenvalue weighted by Crippen LogP contribution is 2.13. The number of amides is 1. The fourth-order valence-corrected chi connectivity index (χ4v) is 2.64. The van der Waals surface area contributed by atoms with E-state index in [9.17, 15) is 4.79 Å². The lowest BCUT2D eigenvalue weighted by molar-refractivity contribution is -0.121. The summed E-state index contributed by atoms with van der Waals surface area (Å²) in [6.07, 6.45) is 2.05. The smallest absolute Gasteiger partial charge is 0.220 e. The first-order valence-corrected chi connectivity index (χ1v) is 7.90. The van der Waals surface area contributed by atoms with Crippen LogP contribution in [0.4, 0.5) is 0 Å². The molecule has 1 amide bonds. The van der Waals surface area contributed by atoms with Crippen LogP contribution in [0.3, 0.4) is 0 Å². The molecule has 2 rings (SSSR count). The molecule has 0 fully saturated rings. The van der Waals surface area contributed by atoms with Gasteiger partial charge in [-0.2, -0.15) is 5.10 Å². The van der Waals surface area contributed by atoms with Gasteiger partial charge in [-0.25, -0.2) is 0 Å². The minimum atomic E-state index is 0.0833. The first-order chi connectivity index (χ1) is 11.0. The summed E-state index contributed by atoms with van der Waals surface area (Å²) in [4.78, 5) is 11.9. The van der Waals surface area contributed by atoms with Gasteiger partial charge in [-0.05, 0) is 49.9 Å². The Hall–Kier alpha value is -2.30. The van der Waals surface area contributed by atoms with Crippen molar-refractivity contribution in [2.45, 2.75) is 33.1 Å². The van der Waals surface area contributed by atoms with Gasteiger partial charge in [-0.15, -0.1) is 0 Å². The highest BCUT2D eigenvalue weighted by Gasteiger charge is 2.09. The van der Waals surface area contributed by atoms with Gasteiger partial charge >= 0.3 is 0 Å². The molecule has 0 saturated heterocycles. The highest BCUT2D eigenvalue weighted by molar-refractivity contribution is 5.76. The molecule has 23 heavy (non-hydrogen) atoms. The maximum absolute atomic E-state index is 11.9. The summed E-state index contributed by atoms with van der Waals surface area (Å²) >= 11 is 0. The van der Waals surface area contributed by atoms with Gasteiger partial charge in [0, 0.05) is 25.7 Å². The van der Waals surface area contributed by atoms with Gasteiger partial charge in [-0.1, -0.05) is 12.1 Å². The summed E-state index contributed by atoms with van der Waals surface area (Å²) in [7, 11) is 3.59. The summed E-state index contributed by atoms with van der Waals surface area (Å²) in [5, 5.41) is 7.38. The topological polar surface area (TPSA) is 56.1 Å². The zero-order valence-electron chi connectivity index (χ0n) is 14.3. The normalized spacial score (nSPS) is 10.6. The van der Waals surface area contributed by atoms with Crippen molar-refractivity contribution in [3.63, 3.8) is 0 Å². The Balaban J connectivity index is 1.74. The third-order valence-electron chi connectivity index (χ3n) is 4.16. The fourth-order valence-electron chi connectivity index (χ4n) is 2.64. The molecule has 0 aliphatic carbocycles. The second-order valence-corrected chi connectivity index (χ2v) is 5.72. The van der Waals surface area contributed by atoms with Crippen molar-refractivity contribution < 1.29 is 9.53 Å². The Morgan fingerprint density at radius 2 is 1.91 bits per heavy atom. The van der Waals surface area contributed by atoms with E-state index in [2.05, 4.69) is 17.3 Å². The number of rotatable bonds is 7. The molecule has 1 heterocycles. The number of carbonyl (C=O) groups is 1. The molecular formula is C18H25N3O2. The molecule has 124 valence electrons. The van der Waals surface area contributed by atoms with Gasteiger partial charge in [0.15, 0.2) is 0 Å². The van der Waals surface area contributed by atoms with Crippen LogP contribution in [0.5, 0.6) is 5.75 Å². The summed E-state index contributed by atoms with van der Waals surface area (Å²) in [5.41, 5.74) is 4.57. The number of benzene rings is 1. The van der Waals surface area contributed by atoms with Crippen LogP contribution < -0.4 is 10.1 Å². The van der Waals surface area contributed by atoms with Crippen LogP contribution in [-0.2, 0) is 24.7 Å². The number of aromatic nitrogens is 2. The molecule has 0 aliphatic heterocycles. The van der Waals surface area contributed by atoms with E-state index >= 15 is 0 Å². The van der Waals surface area contributed by atoms with Gasteiger partial charge in [0.2, 0.25) is 5.91 Å². The number of aryl methyl sites for hydroxylation is 3. The van der Waals surface area contributed by atoms with E-state index in [-0.39, 0.29) is 5.91 Å². The average molecular weight is 315 g/mol. The molecule has 0 spiro atoms. The molecule has 5 nitrogen and oxygen atoms in total. The molecule has 1 N–H and O–H groups in total. The zero-order chi connectivity index (χ0) is 16.8. The van der Waals surface area contributed by atoms with Gasteiger partial charge in [0.25, 0.3) is 0 Å². The molecule has 0 aliphatic rings. The molecule has 0 unspecified atom stereocenters. The van der Waals surface area contributed by atoms with E-state index in [0.29, 0.717) is 13.0 Å². The Labute approximate surface area is 137 Å². The molecular weight excluding hydrogens is 290 g/mol. The largest absolute Gasteiger partial charge is 0.497 e. The van der Waals surface area contributed by atoms with Crippen LogP contribution in [0, 0.1) is 13.8 Å². The lowest BCUT2D eigenvalue weighted by Gasteiger charge is -2.07. The molecule has 0 bridgehead atoms. The number of ether oxygens (including phenoxy) is 1. The standard InChI is InChI=1S/C18H25N3O2/c1-13-17(14(2)21(3)20-13)11-12-19-18(22)10-7-15-5-8-16(23-4)9-6-15/h5-6,8-9H,7,10-12H2,1-4H3,(H,19,22). The number of nitrogens with one attached hydrogen (secondary N) is 1. The average Bonchev–Trinajstić information content (AvgIpc) is 2.79. The van der Waals surface area contributed by atoms with Crippen molar-refractivity contribution in [2.75, 3.05) is 13.7 Å². The maximum Gasteiger partial charge on any atom is 0.220 e. The number of methoxy groups -OCH3 is 1. The molecule has 0 radical (unpaired) electrons. The lowest BCUT2D eigenvalue weighted by atomic mass is 10.1. The number of nitrogens with zero attached hydrogens (tertiary/aromatic N) is 2. The van der Waals surface area contributed by atoms with Crippen molar-refractivity contribution in [3.8, 4) is 5.75 Å². The molecule has 0 saturated carbocycles. The van der Waals surface area contributed by atoms with Crippen LogP contribution in [0.1, 0.15) is 28.9 Å². The predicted octanol–water partition coefficient (Wildman–Crippen LogP) is 2.34. The van der Waals surface area contributed by atoms with Gasteiger partial charge in [0.05, 0.1) is 12.8 Å². The summed E-state index contributed by atoms with van der Waals surface area (Å²) in [5.74, 6) is 0.917. The van der Waals surface area contributed by atoms with Crippen molar-refractivity contribution in [3.05, 3.63) is 46.8 Å². The summed E-state index contributed by atoms with van der Waals surface area (Å²) in [6, 6.07) is 7.82. The van der Waals surface area contributed by atoms with Gasteiger partial charge < -0.3 is 10.1 Å². The molecule has 5 heteroatoms. The SMILES string of the molecule is COc1ccc(CCC(=O)NCCc2c(C)nn(C)c2C)cc1. The minimum Gasteiger partial charge on any atom is -0.497 e. The van der Waals surface area contributed by atoms with E-state index in [4.69, 9.17) is 4.74 Å². The number of carbonyl (C=O) groups excluding carboxylic acids is 1. The Bertz CT molecular complexity index is 660. The van der Waals surface area contributed by atoms with E-state index in [1.165, 1.54) is 5.56 Å². The van der Waals surface area contributed by atoms with E-state index < -0.39 is 0 Å². The highest BCUT2D eigenvalue weighted by atomic mass is 16.5. The lowest BCUT2D eigenvalue weighted by Crippen LogP contribution is -2.26. The Morgan fingerprint density at radius 3 is 2.48 bits per heavy atom. The second-order valence-electron chi connectivity index (χ2n) is 5.72. The number of hydrogen-bond acceptors (Lipinski definition) is 3. The second kappa shape index (κ2) is 7.81. The van der Waals surface area contributed by atoms with Crippen LogP contribution in [0.15, 0.2) is 24.3 Å². The third kappa shape index (κ3) is 4.58. The van der Waals surface area contributed by atoms with Crippen molar-refractivity contribution in [1.82, 2.24) is 15.1 Å². The molecule has 1 aromatic heterocycles. The Morgan fingerprint density at radius 1 is 1.22 bits per heavy atom. The summed E-state index contributed by atoms with van der Waals surface area (Å²) < 4.78 is 7.01. The van der Waals surface area contributed by atoms with Crippen LogP contribution in [-0.4, -0.2) is 29.3 Å². The Kier molecular flexibility index (Phi) is 5.79. The molecule has 2 aromatic rings. The maximum atomic E-state index is 11.9. The zero-order valence-corrected chi connectivity index (χ0v) is 14.3. The van der Waals surface area contributed by atoms with Crippen molar-refractivity contribution in [2.24, 2.45) is 7.05 Å². The fraction of sp³-hybridized carbons (Fsp3) is 0.444. The van der Waals surface area contributed by atoms with Gasteiger partial charge in [-0.3, -0.25) is 9.48 Å². The van der Waals surface area contributed by atoms with E-state index in [1.54, 1.807) is 7.11 Å². The van der Waals surface area contributed by atoms with E-state index in [0.717, 1.165) is 35.5 Å². The minimum absolute atomic E-state index is 0.0833. The van der Waals surface area contributed by atoms with E-state index in [1.807, 2.05) is 42.9 Å². The molecule has 1 aromatic carbocycles. The quantitative estimate of drug-likeness (QED) is 0.853. The number of hydrogen-bond donors (Lipinski definition) is 1. The molecule has 0 atom stereocenters. The first kappa shape index (κ1) is 17.1.